The Kier molecular flexibility index (Phi) is 4.10. The van der Waals surface area contributed by atoms with E-state index in [2.05, 4.69) is 10.0 Å². The van der Waals surface area contributed by atoms with Gasteiger partial charge >= 0.3 is 0 Å². The second kappa shape index (κ2) is 4.61. The Hall–Kier alpha value is -1.56. The highest BCUT2D eigenvalue weighted by molar-refractivity contribution is 7.85. The maximum Gasteiger partial charge on any atom is 0.294 e. The van der Waals surface area contributed by atoms with Crippen molar-refractivity contribution in [1.29, 1.82) is 0 Å². The molecule has 7 heteroatoms. The summed E-state index contributed by atoms with van der Waals surface area (Å²) in [7, 11) is -4.23. The third kappa shape index (κ3) is 3.06. The third-order valence-electron chi connectivity index (χ3n) is 1.28. The Balaban J connectivity index is 0.00000169. The van der Waals surface area contributed by atoms with Gasteiger partial charge in [-0.15, -0.1) is 0 Å². The monoisotopic (exact) mass is 215 g/mol. The molecule has 0 amide bonds. The summed E-state index contributed by atoms with van der Waals surface area (Å²) < 4.78 is 29.8. The number of hydrogen-bond acceptors (Lipinski definition) is 3. The van der Waals surface area contributed by atoms with E-state index in [9.17, 15) is 8.42 Å². The molecule has 0 aliphatic rings. The van der Waals surface area contributed by atoms with Crippen LogP contribution in [0.4, 0.5) is 5.69 Å². The van der Waals surface area contributed by atoms with E-state index in [1.54, 1.807) is 0 Å². The minimum Gasteiger partial charge on any atom is -0.282 e. The molecule has 0 atom stereocenters. The SMILES string of the molecule is C.[N-]=[N+]=Nc1cccc(S(=O)(=O)O)c1. The summed E-state index contributed by atoms with van der Waals surface area (Å²) in [6, 6.07) is 5.07. The molecule has 1 aromatic rings. The summed E-state index contributed by atoms with van der Waals surface area (Å²) >= 11 is 0. The first-order chi connectivity index (χ1) is 6.04. The molecule has 1 N–H and O–H groups in total. The lowest BCUT2D eigenvalue weighted by molar-refractivity contribution is 0.483. The molecule has 0 aliphatic heterocycles. The van der Waals surface area contributed by atoms with E-state index in [-0.39, 0.29) is 18.0 Å². The molecule has 0 bridgehead atoms. The van der Waals surface area contributed by atoms with Crippen LogP contribution in [0.25, 0.3) is 10.4 Å². The van der Waals surface area contributed by atoms with Crippen LogP contribution < -0.4 is 0 Å². The van der Waals surface area contributed by atoms with Crippen molar-refractivity contribution in [3.8, 4) is 0 Å². The Morgan fingerprint density at radius 1 is 1.43 bits per heavy atom. The highest BCUT2D eigenvalue weighted by Gasteiger charge is 2.08. The fraction of sp³-hybridized carbons (Fsp3) is 0.143. The number of nitrogens with zero attached hydrogens (tertiary/aromatic N) is 3. The predicted octanol–water partition coefficient (Wildman–Crippen LogP) is 2.51. The van der Waals surface area contributed by atoms with E-state index < -0.39 is 10.1 Å². The molecule has 14 heavy (non-hydrogen) atoms. The molecule has 0 radical (unpaired) electrons. The Bertz CT molecular complexity index is 463. The molecule has 0 aromatic heterocycles. The zero-order valence-corrected chi connectivity index (χ0v) is 7.14. The van der Waals surface area contributed by atoms with E-state index in [4.69, 9.17) is 10.1 Å². The van der Waals surface area contributed by atoms with Crippen molar-refractivity contribution in [2.24, 2.45) is 5.11 Å². The van der Waals surface area contributed by atoms with Gasteiger partial charge in [0.05, 0.1) is 4.90 Å². The molecule has 0 saturated heterocycles. The van der Waals surface area contributed by atoms with Crippen LogP contribution in [0.3, 0.4) is 0 Å². The van der Waals surface area contributed by atoms with E-state index in [0.717, 1.165) is 6.07 Å². The fourth-order valence-corrected chi connectivity index (χ4v) is 1.28. The van der Waals surface area contributed by atoms with Crippen LogP contribution in [-0.4, -0.2) is 13.0 Å². The van der Waals surface area contributed by atoms with Crippen molar-refractivity contribution in [1.82, 2.24) is 0 Å². The molecule has 0 heterocycles. The first kappa shape index (κ1) is 12.4. The van der Waals surface area contributed by atoms with E-state index in [0.29, 0.717) is 0 Å². The van der Waals surface area contributed by atoms with Crippen molar-refractivity contribution >= 4 is 15.8 Å². The lowest BCUT2D eigenvalue weighted by atomic mass is 10.3. The molecule has 0 fully saturated rings. The number of hydrogen-bond donors (Lipinski definition) is 1. The number of rotatable bonds is 2. The van der Waals surface area contributed by atoms with Gasteiger partial charge in [0.1, 0.15) is 0 Å². The normalized spacial score (nSPS) is 9.79. The molecule has 0 spiro atoms. The zero-order chi connectivity index (χ0) is 9.90. The molecule has 1 aromatic carbocycles. The van der Waals surface area contributed by atoms with Crippen LogP contribution in [-0.2, 0) is 10.1 Å². The van der Waals surface area contributed by atoms with Gasteiger partial charge in [-0.3, -0.25) is 4.55 Å². The van der Waals surface area contributed by atoms with Gasteiger partial charge in [0, 0.05) is 10.6 Å². The molecule has 76 valence electrons. The van der Waals surface area contributed by atoms with Gasteiger partial charge in [0.15, 0.2) is 0 Å². The first-order valence-corrected chi connectivity index (χ1v) is 4.61. The second-order valence-electron chi connectivity index (χ2n) is 2.16. The molecular formula is C7H9N3O3S. The minimum absolute atomic E-state index is 0. The van der Waals surface area contributed by atoms with E-state index in [1.807, 2.05) is 0 Å². The number of benzene rings is 1. The molecule has 0 unspecified atom stereocenters. The van der Waals surface area contributed by atoms with Gasteiger partial charge < -0.3 is 0 Å². The van der Waals surface area contributed by atoms with Crippen molar-refractivity contribution in [2.75, 3.05) is 0 Å². The van der Waals surface area contributed by atoms with Crippen LogP contribution in [0, 0.1) is 0 Å². The summed E-state index contributed by atoms with van der Waals surface area (Å²) in [5, 5.41) is 3.19. The standard InChI is InChI=1S/C6H5N3O3S.CH4/c7-9-8-5-2-1-3-6(4-5)13(10,11)12;/h1-4H,(H,10,11,12);1H4. The van der Waals surface area contributed by atoms with Crippen molar-refractivity contribution in [3.05, 3.63) is 34.7 Å². The average Bonchev–Trinajstić information content (AvgIpc) is 2.04. The maximum atomic E-state index is 10.6. The van der Waals surface area contributed by atoms with Gasteiger partial charge in [0.2, 0.25) is 0 Å². The topological polar surface area (TPSA) is 103 Å². The molecular weight excluding hydrogens is 206 g/mol. The van der Waals surface area contributed by atoms with Crippen molar-refractivity contribution in [2.45, 2.75) is 12.3 Å². The van der Waals surface area contributed by atoms with E-state index >= 15 is 0 Å². The molecule has 0 aliphatic carbocycles. The largest absolute Gasteiger partial charge is 0.294 e. The molecule has 1 rings (SSSR count). The molecule has 6 nitrogen and oxygen atoms in total. The highest BCUT2D eigenvalue weighted by Crippen LogP contribution is 2.17. The Labute approximate surface area is 81.6 Å². The summed E-state index contributed by atoms with van der Waals surface area (Å²) in [5.41, 5.74) is 8.20. The maximum absolute atomic E-state index is 10.6. The van der Waals surface area contributed by atoms with E-state index in [1.165, 1.54) is 18.2 Å². The number of azide groups is 1. The summed E-state index contributed by atoms with van der Waals surface area (Å²) in [4.78, 5) is 2.18. The fourth-order valence-electron chi connectivity index (χ4n) is 0.758. The highest BCUT2D eigenvalue weighted by atomic mass is 32.2. The lowest BCUT2D eigenvalue weighted by Gasteiger charge is -1.96. The zero-order valence-electron chi connectivity index (χ0n) is 6.32. The van der Waals surface area contributed by atoms with Gasteiger partial charge in [-0.05, 0) is 17.7 Å². The summed E-state index contributed by atoms with van der Waals surface area (Å²) in [6.45, 7) is 0. The van der Waals surface area contributed by atoms with Crippen LogP contribution in [0.2, 0.25) is 0 Å². The Morgan fingerprint density at radius 3 is 2.57 bits per heavy atom. The third-order valence-corrected chi connectivity index (χ3v) is 2.13. The van der Waals surface area contributed by atoms with Gasteiger partial charge in [-0.2, -0.15) is 8.42 Å². The van der Waals surface area contributed by atoms with Crippen molar-refractivity contribution < 1.29 is 13.0 Å². The summed E-state index contributed by atoms with van der Waals surface area (Å²) in [5.74, 6) is 0. The molecule has 0 saturated carbocycles. The van der Waals surface area contributed by atoms with Crippen LogP contribution >= 0.6 is 0 Å². The Morgan fingerprint density at radius 2 is 2.07 bits per heavy atom. The van der Waals surface area contributed by atoms with Gasteiger partial charge in [0.25, 0.3) is 10.1 Å². The quantitative estimate of drug-likeness (QED) is 0.354. The van der Waals surface area contributed by atoms with Gasteiger partial charge in [-0.1, -0.05) is 24.7 Å². The lowest BCUT2D eigenvalue weighted by Crippen LogP contribution is -1.96. The minimum atomic E-state index is -4.23. The van der Waals surface area contributed by atoms with Crippen LogP contribution in [0.1, 0.15) is 7.43 Å². The van der Waals surface area contributed by atoms with Crippen LogP contribution in [0.15, 0.2) is 34.3 Å². The smallest absolute Gasteiger partial charge is 0.282 e. The first-order valence-electron chi connectivity index (χ1n) is 3.17. The average molecular weight is 215 g/mol. The van der Waals surface area contributed by atoms with Gasteiger partial charge in [-0.25, -0.2) is 0 Å². The van der Waals surface area contributed by atoms with Crippen molar-refractivity contribution in [3.63, 3.8) is 0 Å². The summed E-state index contributed by atoms with van der Waals surface area (Å²) in [6.07, 6.45) is 0. The second-order valence-corrected chi connectivity index (χ2v) is 3.58. The predicted molar refractivity (Wildman–Crippen MR) is 51.8 cm³/mol. The van der Waals surface area contributed by atoms with Crippen LogP contribution in [0.5, 0.6) is 0 Å².